The first-order chi connectivity index (χ1) is 8.60. The van der Waals surface area contributed by atoms with E-state index in [9.17, 15) is 9.59 Å². The normalized spacial score (nSPS) is 12.2. The highest BCUT2D eigenvalue weighted by Crippen LogP contribution is 2.14. The molecule has 0 rings (SSSR count). The summed E-state index contributed by atoms with van der Waals surface area (Å²) in [6.45, 7) is 5.52. The van der Waals surface area contributed by atoms with Crippen LogP contribution in [-0.2, 0) is 14.3 Å². The summed E-state index contributed by atoms with van der Waals surface area (Å²) in [6, 6.07) is 0. The molecule has 0 saturated heterocycles. The molecule has 0 N–H and O–H groups in total. The van der Waals surface area contributed by atoms with Crippen molar-refractivity contribution >= 4 is 11.8 Å². The van der Waals surface area contributed by atoms with Gasteiger partial charge in [0.25, 0.3) is 0 Å². The summed E-state index contributed by atoms with van der Waals surface area (Å²) in [5.41, 5.74) is 0. The van der Waals surface area contributed by atoms with Crippen LogP contribution in [0.4, 0.5) is 0 Å². The van der Waals surface area contributed by atoms with Gasteiger partial charge in [-0.1, -0.05) is 33.1 Å². The van der Waals surface area contributed by atoms with Crippen molar-refractivity contribution in [2.45, 2.75) is 84.7 Å². The fraction of sp³-hybridized carbons (Fsp3) is 0.867. The molecule has 1 atom stereocenters. The van der Waals surface area contributed by atoms with Gasteiger partial charge in [0, 0.05) is 19.8 Å². The number of esters is 1. The molecule has 0 bridgehead atoms. The smallest absolute Gasteiger partial charge is 0.302 e. The number of carbonyl (C=O) groups is 2. The summed E-state index contributed by atoms with van der Waals surface area (Å²) >= 11 is 0. The number of hydrogen-bond donors (Lipinski definition) is 0. The van der Waals surface area contributed by atoms with Crippen molar-refractivity contribution in [1.82, 2.24) is 0 Å². The molecule has 0 aliphatic rings. The predicted molar refractivity (Wildman–Crippen MR) is 73.5 cm³/mol. The van der Waals surface area contributed by atoms with Gasteiger partial charge in [0.15, 0.2) is 0 Å². The SMILES string of the molecule is CCCCCC[C@H](CCCC(=O)CC)OC(C)=O. The lowest BCUT2D eigenvalue weighted by Gasteiger charge is -2.16. The molecule has 18 heavy (non-hydrogen) atoms. The number of ketones is 1. The Hall–Kier alpha value is -0.860. The molecule has 0 heterocycles. The minimum Gasteiger partial charge on any atom is -0.463 e. The summed E-state index contributed by atoms with van der Waals surface area (Å²) in [5, 5.41) is 0. The Morgan fingerprint density at radius 2 is 1.67 bits per heavy atom. The standard InChI is InChI=1S/C15H28O3/c1-4-6-7-8-11-15(18-13(3)16)12-9-10-14(17)5-2/h15H,4-12H2,1-3H3/t15-/m1/s1. The molecule has 0 aliphatic carbocycles. The van der Waals surface area contributed by atoms with Crippen molar-refractivity contribution in [3.05, 3.63) is 0 Å². The highest BCUT2D eigenvalue weighted by Gasteiger charge is 2.12. The molecule has 3 nitrogen and oxygen atoms in total. The second kappa shape index (κ2) is 11.2. The topological polar surface area (TPSA) is 43.4 Å². The largest absolute Gasteiger partial charge is 0.463 e. The van der Waals surface area contributed by atoms with E-state index in [0.717, 1.165) is 25.7 Å². The summed E-state index contributed by atoms with van der Waals surface area (Å²) < 4.78 is 5.30. The molecule has 3 heteroatoms. The van der Waals surface area contributed by atoms with Crippen LogP contribution in [0.3, 0.4) is 0 Å². The molecule has 0 aromatic heterocycles. The Morgan fingerprint density at radius 3 is 2.22 bits per heavy atom. The lowest BCUT2D eigenvalue weighted by atomic mass is 10.0. The molecule has 0 aromatic rings. The van der Waals surface area contributed by atoms with Gasteiger partial charge in [-0.05, 0) is 25.7 Å². The van der Waals surface area contributed by atoms with Gasteiger partial charge in [-0.15, -0.1) is 0 Å². The van der Waals surface area contributed by atoms with Crippen LogP contribution in [0.5, 0.6) is 0 Å². The third-order valence-electron chi connectivity index (χ3n) is 3.09. The predicted octanol–water partition coefficient (Wildman–Crippen LogP) is 4.04. The molecule has 0 radical (unpaired) electrons. The first-order valence-corrected chi connectivity index (χ1v) is 7.29. The third kappa shape index (κ3) is 10.3. The molecule has 0 spiro atoms. The molecular weight excluding hydrogens is 228 g/mol. The molecule has 0 aromatic carbocycles. The van der Waals surface area contributed by atoms with Crippen molar-refractivity contribution in [2.75, 3.05) is 0 Å². The van der Waals surface area contributed by atoms with Crippen LogP contribution in [0.25, 0.3) is 0 Å². The summed E-state index contributed by atoms with van der Waals surface area (Å²) in [7, 11) is 0. The molecule has 0 amide bonds. The minimum atomic E-state index is -0.211. The van der Waals surface area contributed by atoms with Gasteiger partial charge < -0.3 is 4.74 Å². The minimum absolute atomic E-state index is 0.00372. The highest BCUT2D eigenvalue weighted by molar-refractivity contribution is 5.77. The van der Waals surface area contributed by atoms with Crippen LogP contribution in [0, 0.1) is 0 Å². The number of unbranched alkanes of at least 4 members (excludes halogenated alkanes) is 3. The van der Waals surface area contributed by atoms with Crippen molar-refractivity contribution in [3.63, 3.8) is 0 Å². The third-order valence-corrected chi connectivity index (χ3v) is 3.09. The van der Waals surface area contributed by atoms with E-state index < -0.39 is 0 Å². The van der Waals surface area contributed by atoms with Crippen molar-refractivity contribution in [1.29, 1.82) is 0 Å². The Bertz CT molecular complexity index is 236. The Labute approximate surface area is 111 Å². The maximum absolute atomic E-state index is 11.2. The van der Waals surface area contributed by atoms with E-state index in [4.69, 9.17) is 4.74 Å². The summed E-state index contributed by atoms with van der Waals surface area (Å²) in [6.07, 6.45) is 8.55. The van der Waals surface area contributed by atoms with Crippen molar-refractivity contribution < 1.29 is 14.3 Å². The molecule has 0 unspecified atom stereocenters. The molecule has 0 fully saturated rings. The van der Waals surface area contributed by atoms with Gasteiger partial charge in [0.2, 0.25) is 0 Å². The van der Waals surface area contributed by atoms with E-state index >= 15 is 0 Å². The number of ether oxygens (including phenoxy) is 1. The van der Waals surface area contributed by atoms with Crippen LogP contribution in [0.2, 0.25) is 0 Å². The quantitative estimate of drug-likeness (QED) is 0.414. The Balaban J connectivity index is 3.83. The molecule has 106 valence electrons. The average Bonchev–Trinajstić information content (AvgIpc) is 2.33. The van der Waals surface area contributed by atoms with E-state index in [2.05, 4.69) is 6.92 Å². The first-order valence-electron chi connectivity index (χ1n) is 7.29. The number of carbonyl (C=O) groups excluding carboxylic acids is 2. The monoisotopic (exact) mass is 256 g/mol. The summed E-state index contributed by atoms with van der Waals surface area (Å²) in [4.78, 5) is 22.2. The van der Waals surface area contributed by atoms with Crippen LogP contribution in [0.1, 0.15) is 78.6 Å². The van der Waals surface area contributed by atoms with E-state index in [1.54, 1.807) is 0 Å². The van der Waals surface area contributed by atoms with Gasteiger partial charge in [0.1, 0.15) is 11.9 Å². The second-order valence-corrected chi connectivity index (χ2v) is 4.87. The fourth-order valence-corrected chi connectivity index (χ4v) is 2.00. The number of Topliss-reactive ketones (excluding diaryl/α,β-unsaturated/α-hetero) is 1. The maximum Gasteiger partial charge on any atom is 0.302 e. The zero-order valence-electron chi connectivity index (χ0n) is 12.2. The van der Waals surface area contributed by atoms with E-state index in [0.29, 0.717) is 18.6 Å². The van der Waals surface area contributed by atoms with Crippen molar-refractivity contribution in [2.24, 2.45) is 0 Å². The van der Waals surface area contributed by atoms with Crippen LogP contribution >= 0.6 is 0 Å². The Kier molecular flexibility index (Phi) is 10.7. The average molecular weight is 256 g/mol. The maximum atomic E-state index is 11.2. The molecule has 0 aliphatic heterocycles. The number of hydrogen-bond acceptors (Lipinski definition) is 3. The van der Waals surface area contributed by atoms with Crippen LogP contribution in [-0.4, -0.2) is 17.9 Å². The molecule has 0 saturated carbocycles. The van der Waals surface area contributed by atoms with Gasteiger partial charge >= 0.3 is 5.97 Å². The van der Waals surface area contributed by atoms with Crippen molar-refractivity contribution in [3.8, 4) is 0 Å². The lowest BCUT2D eigenvalue weighted by Crippen LogP contribution is -2.16. The fourth-order valence-electron chi connectivity index (χ4n) is 2.00. The van der Waals surface area contributed by atoms with Crippen LogP contribution < -0.4 is 0 Å². The first kappa shape index (κ1) is 17.1. The van der Waals surface area contributed by atoms with E-state index in [-0.39, 0.29) is 12.1 Å². The van der Waals surface area contributed by atoms with E-state index in [1.165, 1.54) is 26.2 Å². The van der Waals surface area contributed by atoms with Gasteiger partial charge in [-0.3, -0.25) is 9.59 Å². The lowest BCUT2D eigenvalue weighted by molar-refractivity contribution is -0.147. The second-order valence-electron chi connectivity index (χ2n) is 4.87. The van der Waals surface area contributed by atoms with Crippen LogP contribution in [0.15, 0.2) is 0 Å². The zero-order valence-corrected chi connectivity index (χ0v) is 12.2. The van der Waals surface area contributed by atoms with Gasteiger partial charge in [-0.2, -0.15) is 0 Å². The van der Waals surface area contributed by atoms with E-state index in [1.807, 2.05) is 6.92 Å². The van der Waals surface area contributed by atoms with Gasteiger partial charge in [0.05, 0.1) is 0 Å². The zero-order chi connectivity index (χ0) is 13.8. The highest BCUT2D eigenvalue weighted by atomic mass is 16.5. The number of rotatable bonds is 11. The Morgan fingerprint density at radius 1 is 1.00 bits per heavy atom. The van der Waals surface area contributed by atoms with Gasteiger partial charge in [-0.25, -0.2) is 0 Å². The molecular formula is C15H28O3. The summed E-state index contributed by atoms with van der Waals surface area (Å²) in [5.74, 6) is 0.0832.